The molecule has 0 unspecified atom stereocenters. The highest BCUT2D eigenvalue weighted by molar-refractivity contribution is 14.1. The van der Waals surface area contributed by atoms with Gasteiger partial charge in [0.05, 0.1) is 12.2 Å². The van der Waals surface area contributed by atoms with Crippen molar-refractivity contribution < 1.29 is 4.74 Å². The molecule has 0 atom stereocenters. The Hall–Kier alpha value is -0.0900. The lowest BCUT2D eigenvalue weighted by molar-refractivity contribution is -0.00791. The second-order valence-electron chi connectivity index (χ2n) is 4.06. The number of rotatable bonds is 0. The van der Waals surface area contributed by atoms with Crippen molar-refractivity contribution in [2.45, 2.75) is 33.0 Å². The fourth-order valence-electron chi connectivity index (χ4n) is 1.76. The van der Waals surface area contributed by atoms with Crippen molar-refractivity contribution in [3.63, 3.8) is 0 Å². The van der Waals surface area contributed by atoms with E-state index >= 15 is 0 Å². The molecule has 1 aromatic carbocycles. The molecule has 0 saturated heterocycles. The van der Waals surface area contributed by atoms with Gasteiger partial charge in [0.15, 0.2) is 0 Å². The first-order valence-electron chi connectivity index (χ1n) is 4.44. The van der Waals surface area contributed by atoms with E-state index in [2.05, 4.69) is 55.5 Å². The van der Waals surface area contributed by atoms with Crippen LogP contribution >= 0.6 is 22.6 Å². The van der Waals surface area contributed by atoms with Crippen molar-refractivity contribution in [1.29, 1.82) is 0 Å². The summed E-state index contributed by atoms with van der Waals surface area (Å²) in [5.74, 6) is 0. The molecule has 70 valence electrons. The molecule has 0 bridgehead atoms. The molecule has 0 fully saturated rings. The van der Waals surface area contributed by atoms with Crippen LogP contribution in [0.3, 0.4) is 0 Å². The molecule has 0 saturated carbocycles. The Bertz CT molecular complexity index is 355. The van der Waals surface area contributed by atoms with Crippen molar-refractivity contribution in [1.82, 2.24) is 0 Å². The van der Waals surface area contributed by atoms with E-state index in [0.717, 1.165) is 6.61 Å². The Morgan fingerprint density at radius 3 is 2.77 bits per heavy atom. The van der Waals surface area contributed by atoms with Gasteiger partial charge in [-0.15, -0.1) is 0 Å². The van der Waals surface area contributed by atoms with E-state index in [-0.39, 0.29) is 5.60 Å². The maximum Gasteiger partial charge on any atom is 0.0883 e. The molecule has 1 aromatic rings. The lowest BCUT2D eigenvalue weighted by atomic mass is 9.95. The number of hydrogen-bond acceptors (Lipinski definition) is 1. The molecule has 0 spiro atoms. The number of ether oxygens (including phenoxy) is 1. The van der Waals surface area contributed by atoms with Crippen molar-refractivity contribution >= 4 is 22.6 Å². The summed E-state index contributed by atoms with van der Waals surface area (Å²) in [4.78, 5) is 0. The summed E-state index contributed by atoms with van der Waals surface area (Å²) in [5.41, 5.74) is 3.95. The highest BCUT2D eigenvalue weighted by atomic mass is 127. The third-order valence-electron chi connectivity index (χ3n) is 2.62. The third kappa shape index (κ3) is 1.50. The summed E-state index contributed by atoms with van der Waals surface area (Å²) in [5, 5.41) is 0. The van der Waals surface area contributed by atoms with Gasteiger partial charge in [-0.25, -0.2) is 0 Å². The maximum atomic E-state index is 5.72. The van der Waals surface area contributed by atoms with Crippen molar-refractivity contribution in [3.05, 3.63) is 32.4 Å². The quantitative estimate of drug-likeness (QED) is 0.665. The van der Waals surface area contributed by atoms with Crippen LogP contribution in [-0.4, -0.2) is 0 Å². The molecule has 2 heteroatoms. The SMILES string of the molecule is Cc1cc2c(cc1I)C(C)(C)OC2. The van der Waals surface area contributed by atoms with Crippen LogP contribution in [0.2, 0.25) is 0 Å². The van der Waals surface area contributed by atoms with Gasteiger partial charge in [0, 0.05) is 3.57 Å². The largest absolute Gasteiger partial charge is 0.366 e. The molecule has 2 rings (SSSR count). The van der Waals surface area contributed by atoms with Gasteiger partial charge in [0.2, 0.25) is 0 Å². The summed E-state index contributed by atoms with van der Waals surface area (Å²) in [7, 11) is 0. The summed E-state index contributed by atoms with van der Waals surface area (Å²) in [6.07, 6.45) is 0. The van der Waals surface area contributed by atoms with Gasteiger partial charge < -0.3 is 4.74 Å². The monoisotopic (exact) mass is 288 g/mol. The fourth-order valence-corrected chi connectivity index (χ4v) is 2.22. The average Bonchev–Trinajstić information content (AvgIpc) is 2.31. The zero-order chi connectivity index (χ0) is 9.64. The molecule has 0 aromatic heterocycles. The first-order valence-corrected chi connectivity index (χ1v) is 5.52. The van der Waals surface area contributed by atoms with E-state index in [1.807, 2.05) is 0 Å². The number of aryl methyl sites for hydroxylation is 1. The number of hydrogen-bond donors (Lipinski definition) is 0. The Balaban J connectivity index is 2.61. The van der Waals surface area contributed by atoms with Crippen LogP contribution in [0, 0.1) is 10.5 Å². The van der Waals surface area contributed by atoms with E-state index in [1.54, 1.807) is 0 Å². The number of halogens is 1. The highest BCUT2D eigenvalue weighted by Crippen LogP contribution is 2.37. The van der Waals surface area contributed by atoms with Gasteiger partial charge in [-0.2, -0.15) is 0 Å². The molecule has 1 heterocycles. The zero-order valence-corrected chi connectivity index (χ0v) is 10.3. The number of benzene rings is 1. The van der Waals surface area contributed by atoms with Crippen LogP contribution < -0.4 is 0 Å². The second kappa shape index (κ2) is 2.95. The zero-order valence-electron chi connectivity index (χ0n) is 8.15. The smallest absolute Gasteiger partial charge is 0.0883 e. The Kier molecular flexibility index (Phi) is 2.15. The van der Waals surface area contributed by atoms with Crippen LogP contribution in [0.4, 0.5) is 0 Å². The Morgan fingerprint density at radius 1 is 1.38 bits per heavy atom. The van der Waals surface area contributed by atoms with E-state index < -0.39 is 0 Å². The van der Waals surface area contributed by atoms with Gasteiger partial charge >= 0.3 is 0 Å². The van der Waals surface area contributed by atoms with Crippen molar-refractivity contribution in [2.24, 2.45) is 0 Å². The van der Waals surface area contributed by atoms with E-state index in [0.29, 0.717) is 0 Å². The molecule has 13 heavy (non-hydrogen) atoms. The van der Waals surface area contributed by atoms with Gasteiger partial charge in [-0.1, -0.05) is 6.07 Å². The van der Waals surface area contributed by atoms with Crippen molar-refractivity contribution in [2.75, 3.05) is 0 Å². The Labute approximate surface area is 92.6 Å². The highest BCUT2D eigenvalue weighted by Gasteiger charge is 2.30. The lowest BCUT2D eigenvalue weighted by Gasteiger charge is -2.18. The molecular weight excluding hydrogens is 275 g/mol. The van der Waals surface area contributed by atoms with Crippen LogP contribution in [0.5, 0.6) is 0 Å². The topological polar surface area (TPSA) is 9.23 Å². The molecule has 1 aliphatic heterocycles. The number of fused-ring (bicyclic) bond motifs is 1. The van der Waals surface area contributed by atoms with Gasteiger partial charge in [-0.05, 0) is 66.1 Å². The summed E-state index contributed by atoms with van der Waals surface area (Å²) >= 11 is 2.38. The predicted molar refractivity (Wildman–Crippen MR) is 61.7 cm³/mol. The lowest BCUT2D eigenvalue weighted by Crippen LogP contribution is -2.14. The summed E-state index contributed by atoms with van der Waals surface area (Å²) < 4.78 is 7.05. The van der Waals surface area contributed by atoms with Gasteiger partial charge in [0.1, 0.15) is 0 Å². The first-order chi connectivity index (χ1) is 6.00. The second-order valence-corrected chi connectivity index (χ2v) is 5.22. The molecule has 1 aliphatic rings. The standard InChI is InChI=1S/C11H13IO/c1-7-4-8-6-13-11(2,3)9(8)5-10(7)12/h4-5H,6H2,1-3H3. The molecule has 0 amide bonds. The van der Waals surface area contributed by atoms with E-state index in [9.17, 15) is 0 Å². The molecule has 0 N–H and O–H groups in total. The van der Waals surface area contributed by atoms with Gasteiger partial charge in [-0.3, -0.25) is 0 Å². The molecule has 1 nitrogen and oxygen atoms in total. The van der Waals surface area contributed by atoms with Crippen LogP contribution in [0.1, 0.15) is 30.5 Å². The minimum Gasteiger partial charge on any atom is -0.366 e. The first kappa shape index (κ1) is 9.46. The van der Waals surface area contributed by atoms with Crippen molar-refractivity contribution in [3.8, 4) is 0 Å². The van der Waals surface area contributed by atoms with Crippen LogP contribution in [0.25, 0.3) is 0 Å². The summed E-state index contributed by atoms with van der Waals surface area (Å²) in [6, 6.07) is 4.49. The van der Waals surface area contributed by atoms with E-state index in [4.69, 9.17) is 4.74 Å². The van der Waals surface area contributed by atoms with Gasteiger partial charge in [0.25, 0.3) is 0 Å². The third-order valence-corrected chi connectivity index (χ3v) is 3.78. The average molecular weight is 288 g/mol. The molecule has 0 aliphatic carbocycles. The van der Waals surface area contributed by atoms with E-state index in [1.165, 1.54) is 20.3 Å². The molecule has 0 radical (unpaired) electrons. The minimum atomic E-state index is -0.0943. The Morgan fingerprint density at radius 2 is 2.08 bits per heavy atom. The summed E-state index contributed by atoms with van der Waals surface area (Å²) in [6.45, 7) is 7.17. The minimum absolute atomic E-state index is 0.0943. The van der Waals surface area contributed by atoms with Crippen LogP contribution in [-0.2, 0) is 16.9 Å². The normalized spacial score (nSPS) is 18.8. The van der Waals surface area contributed by atoms with Crippen LogP contribution in [0.15, 0.2) is 12.1 Å². The maximum absolute atomic E-state index is 5.72. The predicted octanol–water partition coefficient (Wildman–Crippen LogP) is 3.36. The fraction of sp³-hybridized carbons (Fsp3) is 0.455. The molecular formula is C11H13IO.